The minimum Gasteiger partial charge on any atom is -0.480 e. The molecule has 0 saturated carbocycles. The van der Waals surface area contributed by atoms with Crippen LogP contribution in [0, 0.1) is 0 Å². The molecule has 0 aliphatic heterocycles. The van der Waals surface area contributed by atoms with Crippen molar-refractivity contribution in [3.8, 4) is 11.1 Å². The summed E-state index contributed by atoms with van der Waals surface area (Å²) in [6, 6.07) is 14.5. The van der Waals surface area contributed by atoms with Gasteiger partial charge in [0.2, 0.25) is 0 Å². The third kappa shape index (κ3) is 3.83. The number of likely N-dealkylation sites (N-methyl/N-ethyl adjacent to an activating group) is 1. The molecule has 0 fully saturated rings. The van der Waals surface area contributed by atoms with Crippen LogP contribution in [0.5, 0.6) is 0 Å². The van der Waals surface area contributed by atoms with Crippen LogP contribution in [0.25, 0.3) is 11.1 Å². The van der Waals surface area contributed by atoms with Crippen molar-refractivity contribution in [3.63, 3.8) is 0 Å². The summed E-state index contributed by atoms with van der Waals surface area (Å²) in [5.74, 6) is -2.02. The first-order chi connectivity index (χ1) is 13.4. The number of carboxylic acids is 1. The van der Waals surface area contributed by atoms with Gasteiger partial charge < -0.3 is 14.6 Å². The Kier molecular flexibility index (Phi) is 5.63. The summed E-state index contributed by atoms with van der Waals surface area (Å²) in [6.45, 7) is 0.814. The topological polar surface area (TPSA) is 93.1 Å². The maximum atomic E-state index is 12.4. The van der Waals surface area contributed by atoms with Crippen LogP contribution in [0.15, 0.2) is 48.5 Å². The summed E-state index contributed by atoms with van der Waals surface area (Å²) in [7, 11) is 1.31. The summed E-state index contributed by atoms with van der Waals surface area (Å²) < 4.78 is 10.2. The second kappa shape index (κ2) is 8.12. The van der Waals surface area contributed by atoms with Crippen molar-refractivity contribution in [3.05, 3.63) is 59.7 Å². The molecule has 2 aromatic rings. The highest BCUT2D eigenvalue weighted by Crippen LogP contribution is 2.44. The largest absolute Gasteiger partial charge is 0.480 e. The zero-order valence-corrected chi connectivity index (χ0v) is 15.6. The highest BCUT2D eigenvalue weighted by Gasteiger charge is 2.32. The fraction of sp³-hybridized carbons (Fsp3) is 0.286. The molecule has 7 heteroatoms. The molecule has 146 valence electrons. The number of fused-ring (bicyclic) bond motifs is 3. The van der Waals surface area contributed by atoms with Crippen LogP contribution in [0.3, 0.4) is 0 Å². The van der Waals surface area contributed by atoms with E-state index in [-0.39, 0.29) is 12.5 Å². The number of aliphatic carboxylic acids is 1. The monoisotopic (exact) mass is 383 g/mol. The maximum Gasteiger partial charge on any atom is 0.410 e. The number of carbonyl (C=O) groups is 3. The molecule has 1 atom stereocenters. The normalized spacial score (nSPS) is 13.2. The molecular formula is C21H21NO6. The number of amides is 1. The zero-order valence-electron chi connectivity index (χ0n) is 15.6. The van der Waals surface area contributed by atoms with Gasteiger partial charge in [0.1, 0.15) is 13.2 Å². The Bertz CT molecular complexity index is 864. The number of hydrogen-bond donors (Lipinski definition) is 1. The number of esters is 1. The number of hydrogen-bond acceptors (Lipinski definition) is 5. The highest BCUT2D eigenvalue weighted by atomic mass is 16.6. The summed E-state index contributed by atoms with van der Waals surface area (Å²) >= 11 is 0. The summed E-state index contributed by atoms with van der Waals surface area (Å²) in [6.07, 6.45) is -0.790. The average Bonchev–Trinajstić information content (AvgIpc) is 2.99. The Morgan fingerprint density at radius 3 is 2.04 bits per heavy atom. The molecule has 1 aliphatic rings. The SMILES string of the molecule is CC(=O)OC[C@H](C(=O)O)N(C)C(=O)OCC1c2ccccc2-c2ccccc21. The van der Waals surface area contributed by atoms with Gasteiger partial charge in [-0.2, -0.15) is 0 Å². The first-order valence-corrected chi connectivity index (χ1v) is 8.84. The summed E-state index contributed by atoms with van der Waals surface area (Å²) in [5.41, 5.74) is 4.33. The predicted molar refractivity (Wildman–Crippen MR) is 101 cm³/mol. The van der Waals surface area contributed by atoms with Gasteiger partial charge in [-0.15, -0.1) is 0 Å². The van der Waals surface area contributed by atoms with Crippen molar-refractivity contribution < 1.29 is 29.0 Å². The molecule has 0 spiro atoms. The van der Waals surface area contributed by atoms with Crippen LogP contribution >= 0.6 is 0 Å². The smallest absolute Gasteiger partial charge is 0.410 e. The molecule has 7 nitrogen and oxygen atoms in total. The van der Waals surface area contributed by atoms with Crippen molar-refractivity contribution in [1.82, 2.24) is 4.90 Å². The van der Waals surface area contributed by atoms with E-state index in [2.05, 4.69) is 0 Å². The molecule has 0 unspecified atom stereocenters. The van der Waals surface area contributed by atoms with Gasteiger partial charge in [-0.25, -0.2) is 9.59 Å². The van der Waals surface area contributed by atoms with E-state index in [0.29, 0.717) is 0 Å². The van der Waals surface area contributed by atoms with E-state index in [9.17, 15) is 19.5 Å². The second-order valence-corrected chi connectivity index (χ2v) is 6.57. The number of ether oxygens (including phenoxy) is 2. The average molecular weight is 383 g/mol. The predicted octanol–water partition coefficient (Wildman–Crippen LogP) is 2.88. The van der Waals surface area contributed by atoms with E-state index < -0.39 is 30.7 Å². The number of rotatable bonds is 6. The lowest BCUT2D eigenvalue weighted by Gasteiger charge is -2.24. The lowest BCUT2D eigenvalue weighted by molar-refractivity contribution is -0.150. The van der Waals surface area contributed by atoms with Crippen LogP contribution in [0.2, 0.25) is 0 Å². The second-order valence-electron chi connectivity index (χ2n) is 6.57. The Morgan fingerprint density at radius 2 is 1.54 bits per heavy atom. The molecule has 2 aromatic carbocycles. The Balaban J connectivity index is 1.72. The van der Waals surface area contributed by atoms with E-state index in [1.807, 2.05) is 48.5 Å². The lowest BCUT2D eigenvalue weighted by atomic mass is 9.98. The van der Waals surface area contributed by atoms with Gasteiger partial charge >= 0.3 is 18.0 Å². The van der Waals surface area contributed by atoms with Crippen molar-refractivity contribution in [1.29, 1.82) is 0 Å². The molecule has 1 amide bonds. The van der Waals surface area contributed by atoms with Crippen LogP contribution in [-0.4, -0.2) is 54.3 Å². The van der Waals surface area contributed by atoms with E-state index in [1.165, 1.54) is 14.0 Å². The van der Waals surface area contributed by atoms with E-state index in [0.717, 1.165) is 27.2 Å². The van der Waals surface area contributed by atoms with E-state index in [1.54, 1.807) is 0 Å². The first kappa shape index (κ1) is 19.4. The van der Waals surface area contributed by atoms with Gasteiger partial charge in [0.25, 0.3) is 0 Å². The first-order valence-electron chi connectivity index (χ1n) is 8.84. The minimum atomic E-state index is -1.32. The van der Waals surface area contributed by atoms with Crippen molar-refractivity contribution in [2.75, 3.05) is 20.3 Å². The minimum absolute atomic E-state index is 0.0805. The third-order valence-electron chi connectivity index (χ3n) is 4.82. The molecule has 0 radical (unpaired) electrons. The Morgan fingerprint density at radius 1 is 1.00 bits per heavy atom. The van der Waals surface area contributed by atoms with E-state index in [4.69, 9.17) is 9.47 Å². The highest BCUT2D eigenvalue weighted by molar-refractivity contribution is 5.81. The van der Waals surface area contributed by atoms with Gasteiger partial charge in [0.15, 0.2) is 6.04 Å². The van der Waals surface area contributed by atoms with Crippen LogP contribution in [-0.2, 0) is 19.1 Å². The number of carbonyl (C=O) groups excluding carboxylic acids is 2. The van der Waals surface area contributed by atoms with Gasteiger partial charge in [-0.05, 0) is 22.3 Å². The number of benzene rings is 2. The number of nitrogens with zero attached hydrogens (tertiary/aromatic N) is 1. The molecule has 1 N–H and O–H groups in total. The van der Waals surface area contributed by atoms with Crippen molar-refractivity contribution in [2.45, 2.75) is 18.9 Å². The van der Waals surface area contributed by atoms with Crippen LogP contribution < -0.4 is 0 Å². The molecule has 0 heterocycles. The molecule has 0 saturated heterocycles. The Hall–Kier alpha value is -3.35. The zero-order chi connectivity index (χ0) is 20.3. The molecule has 3 rings (SSSR count). The fourth-order valence-corrected chi connectivity index (χ4v) is 3.37. The van der Waals surface area contributed by atoms with Gasteiger partial charge in [0, 0.05) is 19.9 Å². The lowest BCUT2D eigenvalue weighted by Crippen LogP contribution is -2.46. The van der Waals surface area contributed by atoms with Crippen molar-refractivity contribution in [2.24, 2.45) is 0 Å². The number of carboxylic acid groups (broad SMARTS) is 1. The fourth-order valence-electron chi connectivity index (χ4n) is 3.37. The molecule has 0 bridgehead atoms. The standard InChI is InChI=1S/C21H21NO6/c1-13(23)27-12-19(20(24)25)22(2)21(26)28-11-18-16-9-5-3-7-14(16)15-8-4-6-10-17(15)18/h3-10,18-19H,11-12H2,1-2H3,(H,24,25)/t19-/m1/s1. The molecular weight excluding hydrogens is 362 g/mol. The van der Waals surface area contributed by atoms with Gasteiger partial charge in [-0.3, -0.25) is 9.69 Å². The summed E-state index contributed by atoms with van der Waals surface area (Å²) in [5, 5.41) is 9.30. The molecule has 1 aliphatic carbocycles. The molecule has 0 aromatic heterocycles. The Labute approximate surface area is 162 Å². The third-order valence-corrected chi connectivity index (χ3v) is 4.82. The van der Waals surface area contributed by atoms with Crippen molar-refractivity contribution >= 4 is 18.0 Å². The molecule has 28 heavy (non-hydrogen) atoms. The summed E-state index contributed by atoms with van der Waals surface area (Å²) in [4.78, 5) is 35.7. The van der Waals surface area contributed by atoms with Gasteiger partial charge in [0.05, 0.1) is 0 Å². The maximum absolute atomic E-state index is 12.4. The van der Waals surface area contributed by atoms with Crippen LogP contribution in [0.4, 0.5) is 4.79 Å². The van der Waals surface area contributed by atoms with Gasteiger partial charge in [-0.1, -0.05) is 48.5 Å². The quantitative estimate of drug-likeness (QED) is 0.771. The van der Waals surface area contributed by atoms with E-state index >= 15 is 0 Å². The van der Waals surface area contributed by atoms with Crippen LogP contribution in [0.1, 0.15) is 24.0 Å².